The lowest BCUT2D eigenvalue weighted by atomic mass is 9.85. The summed E-state index contributed by atoms with van der Waals surface area (Å²) in [6.45, 7) is 10.6. The fourth-order valence-electron chi connectivity index (χ4n) is 1.61. The van der Waals surface area contributed by atoms with Gasteiger partial charge in [-0.15, -0.1) is 0 Å². The molecule has 78 valence electrons. The molecule has 0 fully saturated rings. The van der Waals surface area contributed by atoms with Crippen LogP contribution in [0.5, 0.6) is 5.75 Å². The Labute approximate surface area is 86.8 Å². The first-order valence-corrected chi connectivity index (χ1v) is 5.09. The van der Waals surface area contributed by atoms with Crippen LogP contribution in [0, 0.1) is 19.3 Å². The predicted molar refractivity (Wildman–Crippen MR) is 60.7 cm³/mol. The summed E-state index contributed by atoms with van der Waals surface area (Å²) in [5.74, 6) is 0.472. The van der Waals surface area contributed by atoms with Crippen molar-refractivity contribution in [2.75, 3.05) is 0 Å². The number of hydrogen-bond donors (Lipinski definition) is 1. The van der Waals surface area contributed by atoms with E-state index >= 15 is 0 Å². The molecule has 0 aromatic heterocycles. The van der Waals surface area contributed by atoms with E-state index in [2.05, 4.69) is 33.8 Å². The summed E-state index contributed by atoms with van der Waals surface area (Å²) < 4.78 is 0. The summed E-state index contributed by atoms with van der Waals surface area (Å²) in [5, 5.41) is 9.94. The third-order valence-corrected chi connectivity index (χ3v) is 2.43. The third-order valence-electron chi connectivity index (χ3n) is 2.43. The number of phenols is 1. The second-order valence-corrected chi connectivity index (χ2v) is 5.26. The molecule has 0 amide bonds. The Morgan fingerprint density at radius 1 is 1.07 bits per heavy atom. The van der Waals surface area contributed by atoms with Gasteiger partial charge in [-0.1, -0.05) is 32.9 Å². The maximum atomic E-state index is 9.94. The minimum absolute atomic E-state index is 0.218. The summed E-state index contributed by atoms with van der Waals surface area (Å²) in [6, 6.07) is 4.05. The van der Waals surface area contributed by atoms with Crippen LogP contribution < -0.4 is 0 Å². The lowest BCUT2D eigenvalue weighted by Crippen LogP contribution is -2.10. The highest BCUT2D eigenvalue weighted by Gasteiger charge is 2.16. The second kappa shape index (κ2) is 3.64. The first kappa shape index (κ1) is 11.1. The van der Waals surface area contributed by atoms with Crippen LogP contribution in [-0.2, 0) is 6.42 Å². The van der Waals surface area contributed by atoms with Crippen molar-refractivity contribution in [2.24, 2.45) is 5.41 Å². The van der Waals surface area contributed by atoms with Gasteiger partial charge in [0.05, 0.1) is 0 Å². The summed E-state index contributed by atoms with van der Waals surface area (Å²) >= 11 is 0. The fourth-order valence-corrected chi connectivity index (χ4v) is 1.61. The Morgan fingerprint density at radius 3 is 2.07 bits per heavy atom. The summed E-state index contributed by atoms with van der Waals surface area (Å²) in [6.07, 6.45) is 0.923. The number of aryl methyl sites for hydroxylation is 2. The summed E-state index contributed by atoms with van der Waals surface area (Å²) in [4.78, 5) is 0. The topological polar surface area (TPSA) is 20.2 Å². The monoisotopic (exact) mass is 192 g/mol. The van der Waals surface area contributed by atoms with E-state index in [0.717, 1.165) is 17.5 Å². The molecular formula is C13H20O. The molecule has 0 aliphatic carbocycles. The van der Waals surface area contributed by atoms with Crippen molar-refractivity contribution < 1.29 is 5.11 Å². The van der Waals surface area contributed by atoms with Gasteiger partial charge in [0, 0.05) is 0 Å². The van der Waals surface area contributed by atoms with Crippen LogP contribution in [0.1, 0.15) is 37.5 Å². The summed E-state index contributed by atoms with van der Waals surface area (Å²) in [7, 11) is 0. The van der Waals surface area contributed by atoms with E-state index < -0.39 is 0 Å². The van der Waals surface area contributed by atoms with Crippen LogP contribution in [0.4, 0.5) is 0 Å². The molecule has 0 heterocycles. The summed E-state index contributed by atoms with van der Waals surface area (Å²) in [5.41, 5.74) is 3.46. The Morgan fingerprint density at radius 2 is 1.57 bits per heavy atom. The van der Waals surface area contributed by atoms with Crippen LogP contribution in [0.25, 0.3) is 0 Å². The molecular weight excluding hydrogens is 172 g/mol. The van der Waals surface area contributed by atoms with E-state index in [4.69, 9.17) is 0 Å². The molecule has 0 bridgehead atoms. The molecule has 14 heavy (non-hydrogen) atoms. The molecule has 0 aliphatic heterocycles. The van der Waals surface area contributed by atoms with Gasteiger partial charge in [0.25, 0.3) is 0 Å². The van der Waals surface area contributed by atoms with Gasteiger partial charge in [0.15, 0.2) is 0 Å². The molecule has 0 saturated heterocycles. The Balaban J connectivity index is 3.13. The average molecular weight is 192 g/mol. The Bertz CT molecular complexity index is 332. The highest BCUT2D eigenvalue weighted by atomic mass is 16.3. The minimum atomic E-state index is 0.218. The van der Waals surface area contributed by atoms with Crippen LogP contribution >= 0.6 is 0 Å². The maximum Gasteiger partial charge on any atom is 0.121 e. The molecule has 1 nitrogen and oxygen atoms in total. The van der Waals surface area contributed by atoms with Crippen molar-refractivity contribution in [3.8, 4) is 5.75 Å². The van der Waals surface area contributed by atoms with Crippen LogP contribution in [-0.4, -0.2) is 5.11 Å². The van der Waals surface area contributed by atoms with Gasteiger partial charge in [-0.3, -0.25) is 0 Å². The molecule has 0 spiro atoms. The van der Waals surface area contributed by atoms with Crippen molar-refractivity contribution in [1.82, 2.24) is 0 Å². The quantitative estimate of drug-likeness (QED) is 0.720. The zero-order chi connectivity index (χ0) is 10.9. The molecule has 1 aromatic rings. The van der Waals surface area contributed by atoms with Gasteiger partial charge in [-0.2, -0.15) is 0 Å². The van der Waals surface area contributed by atoms with E-state index in [1.807, 2.05) is 13.0 Å². The molecule has 0 atom stereocenters. The van der Waals surface area contributed by atoms with Gasteiger partial charge < -0.3 is 5.11 Å². The van der Waals surface area contributed by atoms with Crippen LogP contribution in [0.2, 0.25) is 0 Å². The zero-order valence-electron chi connectivity index (χ0n) is 9.81. The average Bonchev–Trinajstić information content (AvgIpc) is 2.04. The normalized spacial score (nSPS) is 11.8. The van der Waals surface area contributed by atoms with Crippen molar-refractivity contribution >= 4 is 0 Å². The van der Waals surface area contributed by atoms with Gasteiger partial charge in [-0.05, 0) is 42.4 Å². The zero-order valence-corrected chi connectivity index (χ0v) is 9.81. The minimum Gasteiger partial charge on any atom is -0.507 e. The first-order valence-electron chi connectivity index (χ1n) is 5.09. The van der Waals surface area contributed by atoms with Crippen molar-refractivity contribution in [1.29, 1.82) is 0 Å². The maximum absolute atomic E-state index is 9.94. The van der Waals surface area contributed by atoms with Crippen molar-refractivity contribution in [3.05, 3.63) is 28.8 Å². The second-order valence-electron chi connectivity index (χ2n) is 5.26. The largest absolute Gasteiger partial charge is 0.507 e. The van der Waals surface area contributed by atoms with Gasteiger partial charge >= 0.3 is 0 Å². The highest BCUT2D eigenvalue weighted by molar-refractivity contribution is 5.44. The highest BCUT2D eigenvalue weighted by Crippen LogP contribution is 2.31. The van der Waals surface area contributed by atoms with Crippen molar-refractivity contribution in [3.63, 3.8) is 0 Å². The molecule has 0 unspecified atom stereocenters. The standard InChI is InChI=1S/C13H20O/c1-9-6-7-10(2)12(14)11(9)8-13(3,4)5/h6-7,14H,8H2,1-5H3. The molecule has 1 aromatic carbocycles. The number of benzene rings is 1. The van der Waals surface area contributed by atoms with Gasteiger partial charge in [0.1, 0.15) is 5.75 Å². The molecule has 0 radical (unpaired) electrons. The molecule has 1 heteroatoms. The van der Waals surface area contributed by atoms with Crippen LogP contribution in [0.3, 0.4) is 0 Å². The lowest BCUT2D eigenvalue weighted by molar-refractivity contribution is 0.392. The Kier molecular flexibility index (Phi) is 2.89. The number of phenolic OH excluding ortho intramolecular Hbond substituents is 1. The van der Waals surface area contributed by atoms with E-state index in [1.54, 1.807) is 0 Å². The van der Waals surface area contributed by atoms with Crippen molar-refractivity contribution in [2.45, 2.75) is 41.0 Å². The van der Waals surface area contributed by atoms with E-state index in [9.17, 15) is 5.11 Å². The smallest absolute Gasteiger partial charge is 0.121 e. The fraction of sp³-hybridized carbons (Fsp3) is 0.538. The first-order chi connectivity index (χ1) is 6.31. The van der Waals surface area contributed by atoms with Gasteiger partial charge in [-0.25, -0.2) is 0 Å². The SMILES string of the molecule is Cc1ccc(C)c(CC(C)(C)C)c1O. The number of rotatable bonds is 1. The third kappa shape index (κ3) is 2.50. The number of hydrogen-bond acceptors (Lipinski definition) is 1. The number of aromatic hydroxyl groups is 1. The van der Waals surface area contributed by atoms with Gasteiger partial charge in [0.2, 0.25) is 0 Å². The predicted octanol–water partition coefficient (Wildman–Crippen LogP) is 3.60. The molecule has 0 saturated carbocycles. The molecule has 1 rings (SSSR count). The van der Waals surface area contributed by atoms with E-state index in [0.29, 0.717) is 5.75 Å². The Hall–Kier alpha value is -0.980. The lowest BCUT2D eigenvalue weighted by Gasteiger charge is -2.21. The molecule has 1 N–H and O–H groups in total. The molecule has 0 aliphatic rings. The van der Waals surface area contributed by atoms with Crippen LogP contribution in [0.15, 0.2) is 12.1 Å². The van der Waals surface area contributed by atoms with E-state index in [-0.39, 0.29) is 5.41 Å². The van der Waals surface area contributed by atoms with E-state index in [1.165, 1.54) is 5.56 Å².